The molecule has 2 aromatic rings. The maximum atomic E-state index is 13.3. The lowest BCUT2D eigenvalue weighted by molar-refractivity contribution is -0.137. The molecule has 3 rings (SSSR count). The van der Waals surface area contributed by atoms with E-state index in [4.69, 9.17) is 9.47 Å². The molecular weight excluding hydrogens is 380 g/mol. The minimum atomic E-state index is -0.268. The van der Waals surface area contributed by atoms with Crippen LogP contribution in [0.15, 0.2) is 54.2 Å². The highest BCUT2D eigenvalue weighted by molar-refractivity contribution is 6.35. The molecule has 0 radical (unpaired) electrons. The molecule has 1 heterocycles. The third-order valence-electron chi connectivity index (χ3n) is 5.18. The average molecular weight is 408 g/mol. The lowest BCUT2D eigenvalue weighted by Crippen LogP contribution is -2.35. The first-order chi connectivity index (χ1) is 14.5. The number of amides is 2. The summed E-state index contributed by atoms with van der Waals surface area (Å²) >= 11 is 0. The maximum Gasteiger partial charge on any atom is 0.277 e. The normalized spacial score (nSPS) is 13.8. The highest BCUT2D eigenvalue weighted by Crippen LogP contribution is 2.36. The number of carbonyl (C=O) groups excluding carboxylic acids is 2. The molecule has 30 heavy (non-hydrogen) atoms. The first kappa shape index (κ1) is 21.4. The Morgan fingerprint density at radius 1 is 0.900 bits per heavy atom. The van der Waals surface area contributed by atoms with Crippen molar-refractivity contribution in [2.24, 2.45) is 0 Å². The molecule has 0 unspecified atom stereocenters. The Morgan fingerprint density at radius 2 is 1.60 bits per heavy atom. The van der Waals surface area contributed by atoms with Crippen LogP contribution in [0.1, 0.15) is 31.4 Å². The van der Waals surface area contributed by atoms with E-state index in [0.29, 0.717) is 54.4 Å². The lowest BCUT2D eigenvalue weighted by Gasteiger charge is -2.25. The number of methoxy groups -OCH3 is 2. The van der Waals surface area contributed by atoms with E-state index < -0.39 is 0 Å². The van der Waals surface area contributed by atoms with E-state index >= 15 is 0 Å². The van der Waals surface area contributed by atoms with Gasteiger partial charge in [-0.25, -0.2) is 0 Å². The lowest BCUT2D eigenvalue weighted by atomic mass is 10.0. The van der Waals surface area contributed by atoms with Crippen LogP contribution < -0.4 is 9.47 Å². The van der Waals surface area contributed by atoms with E-state index in [9.17, 15) is 9.59 Å². The number of ether oxygens (including phenoxy) is 2. The Labute approximate surface area is 177 Å². The summed E-state index contributed by atoms with van der Waals surface area (Å²) < 4.78 is 10.7. The van der Waals surface area contributed by atoms with Crippen LogP contribution >= 0.6 is 0 Å². The van der Waals surface area contributed by atoms with Crippen LogP contribution in [0.25, 0.3) is 5.57 Å². The Bertz CT molecular complexity index is 953. The first-order valence-corrected chi connectivity index (χ1v) is 10.2. The standard InChI is InChI=1S/C24H28N2O4/c1-5-14-26-23(27)21(18-12-13-19(29-3)20(15-18)30-4)22(24(26)28)25(6-2)16-17-10-8-7-9-11-17/h7-13,15H,5-6,14,16H2,1-4H3. The van der Waals surface area contributed by atoms with Crippen molar-refractivity contribution in [3.63, 3.8) is 0 Å². The number of rotatable bonds is 9. The Hall–Kier alpha value is -3.28. The van der Waals surface area contributed by atoms with Crippen LogP contribution in [0.5, 0.6) is 11.5 Å². The summed E-state index contributed by atoms with van der Waals surface area (Å²) in [7, 11) is 3.11. The van der Waals surface area contributed by atoms with Gasteiger partial charge >= 0.3 is 0 Å². The average Bonchev–Trinajstić information content (AvgIpc) is 3.02. The number of hydrogen-bond donors (Lipinski definition) is 0. The molecule has 0 atom stereocenters. The van der Waals surface area contributed by atoms with Crippen molar-refractivity contribution in [3.05, 3.63) is 65.4 Å². The number of benzene rings is 2. The number of imide groups is 1. The molecule has 6 heteroatoms. The van der Waals surface area contributed by atoms with E-state index in [0.717, 1.165) is 5.56 Å². The predicted molar refractivity (Wildman–Crippen MR) is 116 cm³/mol. The molecule has 0 fully saturated rings. The third kappa shape index (κ3) is 4.03. The molecule has 6 nitrogen and oxygen atoms in total. The van der Waals surface area contributed by atoms with Gasteiger partial charge in [0.25, 0.3) is 11.8 Å². The van der Waals surface area contributed by atoms with Crippen molar-refractivity contribution in [3.8, 4) is 11.5 Å². The predicted octanol–water partition coefficient (Wildman–Crippen LogP) is 3.72. The minimum absolute atomic E-state index is 0.246. The van der Waals surface area contributed by atoms with Gasteiger partial charge in [0.2, 0.25) is 0 Å². The Morgan fingerprint density at radius 3 is 2.20 bits per heavy atom. The van der Waals surface area contributed by atoms with Crippen molar-refractivity contribution in [2.75, 3.05) is 27.3 Å². The largest absolute Gasteiger partial charge is 0.493 e. The molecule has 0 bridgehead atoms. The Kier molecular flexibility index (Phi) is 6.77. The SMILES string of the molecule is CCCN1C(=O)C(c2ccc(OC)c(OC)c2)=C(N(CC)Cc2ccccc2)C1=O. The van der Waals surface area contributed by atoms with Crippen LogP contribution in [-0.4, -0.2) is 48.9 Å². The zero-order valence-corrected chi connectivity index (χ0v) is 18.0. The molecule has 0 N–H and O–H groups in total. The number of likely N-dealkylation sites (N-methyl/N-ethyl adjacent to an activating group) is 1. The van der Waals surface area contributed by atoms with Gasteiger partial charge in [-0.1, -0.05) is 43.3 Å². The van der Waals surface area contributed by atoms with Gasteiger partial charge in [-0.05, 0) is 36.6 Å². The monoisotopic (exact) mass is 408 g/mol. The molecule has 0 aliphatic carbocycles. The van der Waals surface area contributed by atoms with Crippen molar-refractivity contribution < 1.29 is 19.1 Å². The smallest absolute Gasteiger partial charge is 0.277 e. The van der Waals surface area contributed by atoms with E-state index in [1.165, 1.54) is 4.90 Å². The Balaban J connectivity index is 2.12. The van der Waals surface area contributed by atoms with Crippen LogP contribution in [0.2, 0.25) is 0 Å². The zero-order chi connectivity index (χ0) is 21.7. The molecule has 2 amide bonds. The first-order valence-electron chi connectivity index (χ1n) is 10.2. The van der Waals surface area contributed by atoms with E-state index in [1.807, 2.05) is 49.1 Å². The summed E-state index contributed by atoms with van der Waals surface area (Å²) in [4.78, 5) is 29.9. The molecule has 0 saturated carbocycles. The second-order valence-corrected chi connectivity index (χ2v) is 7.06. The van der Waals surface area contributed by atoms with Gasteiger partial charge in [-0.15, -0.1) is 0 Å². The number of carbonyl (C=O) groups is 2. The van der Waals surface area contributed by atoms with E-state index in [-0.39, 0.29) is 11.8 Å². The molecule has 158 valence electrons. The van der Waals surface area contributed by atoms with Gasteiger partial charge in [0, 0.05) is 19.6 Å². The summed E-state index contributed by atoms with van der Waals surface area (Å²) in [5, 5.41) is 0. The van der Waals surface area contributed by atoms with Gasteiger partial charge in [0.15, 0.2) is 11.5 Å². The maximum absolute atomic E-state index is 13.3. The van der Waals surface area contributed by atoms with Crippen molar-refractivity contribution in [2.45, 2.75) is 26.8 Å². The summed E-state index contributed by atoms with van der Waals surface area (Å²) in [5.41, 5.74) is 2.57. The van der Waals surface area contributed by atoms with Gasteiger partial charge in [-0.3, -0.25) is 14.5 Å². The van der Waals surface area contributed by atoms with Crippen LogP contribution in [0.4, 0.5) is 0 Å². The summed E-state index contributed by atoms with van der Waals surface area (Å²) in [6.07, 6.45) is 0.703. The van der Waals surface area contributed by atoms with Gasteiger partial charge in [0.1, 0.15) is 5.70 Å². The van der Waals surface area contributed by atoms with Gasteiger partial charge in [0.05, 0.1) is 19.8 Å². The molecule has 0 spiro atoms. The molecule has 2 aromatic carbocycles. The van der Waals surface area contributed by atoms with E-state index in [2.05, 4.69) is 0 Å². The van der Waals surface area contributed by atoms with E-state index in [1.54, 1.807) is 32.4 Å². The van der Waals surface area contributed by atoms with Crippen LogP contribution in [-0.2, 0) is 16.1 Å². The van der Waals surface area contributed by atoms with Gasteiger partial charge < -0.3 is 14.4 Å². The van der Waals surface area contributed by atoms with Crippen molar-refractivity contribution in [1.29, 1.82) is 0 Å². The summed E-state index contributed by atoms with van der Waals surface area (Å²) in [5.74, 6) is 0.573. The van der Waals surface area contributed by atoms with Crippen LogP contribution in [0, 0.1) is 0 Å². The van der Waals surface area contributed by atoms with Crippen LogP contribution in [0.3, 0.4) is 0 Å². The zero-order valence-electron chi connectivity index (χ0n) is 18.0. The number of hydrogen-bond acceptors (Lipinski definition) is 5. The molecule has 1 aliphatic rings. The van der Waals surface area contributed by atoms with Crippen molar-refractivity contribution >= 4 is 17.4 Å². The fourth-order valence-corrected chi connectivity index (χ4v) is 3.69. The minimum Gasteiger partial charge on any atom is -0.493 e. The topological polar surface area (TPSA) is 59.1 Å². The fourth-order valence-electron chi connectivity index (χ4n) is 3.69. The number of nitrogens with zero attached hydrogens (tertiary/aromatic N) is 2. The molecule has 0 saturated heterocycles. The molecule has 0 aromatic heterocycles. The van der Waals surface area contributed by atoms with Gasteiger partial charge in [-0.2, -0.15) is 0 Å². The second-order valence-electron chi connectivity index (χ2n) is 7.06. The fraction of sp³-hybridized carbons (Fsp3) is 0.333. The highest BCUT2D eigenvalue weighted by Gasteiger charge is 2.41. The third-order valence-corrected chi connectivity index (χ3v) is 5.18. The summed E-state index contributed by atoms with van der Waals surface area (Å²) in [6.45, 7) is 5.47. The second kappa shape index (κ2) is 9.48. The highest BCUT2D eigenvalue weighted by atomic mass is 16.5. The summed E-state index contributed by atoms with van der Waals surface area (Å²) in [6, 6.07) is 15.2. The quantitative estimate of drug-likeness (QED) is 0.592. The van der Waals surface area contributed by atoms with Crippen molar-refractivity contribution in [1.82, 2.24) is 9.80 Å². The molecule has 1 aliphatic heterocycles. The molecular formula is C24H28N2O4.